The lowest BCUT2D eigenvalue weighted by Crippen LogP contribution is -2.51. The van der Waals surface area contributed by atoms with Crippen molar-refractivity contribution in [3.8, 4) is 0 Å². The first-order valence-corrected chi connectivity index (χ1v) is 7.70. The van der Waals surface area contributed by atoms with Gasteiger partial charge in [0.05, 0.1) is 0 Å². The van der Waals surface area contributed by atoms with Crippen LogP contribution in [-0.4, -0.2) is 36.1 Å². The summed E-state index contributed by atoms with van der Waals surface area (Å²) in [6.07, 6.45) is 7.78. The Hall–Kier alpha value is -0.0800. The quantitative estimate of drug-likeness (QED) is 0.792. The van der Waals surface area contributed by atoms with Crippen LogP contribution in [0.25, 0.3) is 0 Å². The summed E-state index contributed by atoms with van der Waals surface area (Å²) in [5.41, 5.74) is 0.468. The molecule has 1 aliphatic heterocycles. The number of hydrogen-bond acceptors (Lipinski definition) is 2. The van der Waals surface area contributed by atoms with Gasteiger partial charge >= 0.3 is 0 Å². The maximum absolute atomic E-state index is 3.67. The molecular weight excluding hydrogens is 208 g/mol. The van der Waals surface area contributed by atoms with Gasteiger partial charge in [-0.2, -0.15) is 0 Å². The monoisotopic (exact) mass is 240 g/mol. The predicted octanol–water partition coefficient (Wildman–Crippen LogP) is 3.42. The Kier molecular flexibility index (Phi) is 6.50. The molecule has 2 heteroatoms. The van der Waals surface area contributed by atoms with Crippen LogP contribution in [0.15, 0.2) is 0 Å². The molecular formula is C15H32N2. The van der Waals surface area contributed by atoms with Gasteiger partial charge < -0.3 is 5.32 Å². The van der Waals surface area contributed by atoms with Gasteiger partial charge in [-0.15, -0.1) is 0 Å². The van der Waals surface area contributed by atoms with Gasteiger partial charge in [0.2, 0.25) is 0 Å². The van der Waals surface area contributed by atoms with Crippen LogP contribution in [0.1, 0.15) is 66.2 Å². The summed E-state index contributed by atoms with van der Waals surface area (Å²) in [6.45, 7) is 13.1. The molecule has 0 aromatic carbocycles. The zero-order valence-electron chi connectivity index (χ0n) is 12.4. The molecule has 0 aromatic rings. The van der Waals surface area contributed by atoms with Crippen LogP contribution in [0.4, 0.5) is 0 Å². The highest BCUT2D eigenvalue weighted by Crippen LogP contribution is 2.28. The molecule has 0 amide bonds. The van der Waals surface area contributed by atoms with Crippen molar-refractivity contribution in [3.63, 3.8) is 0 Å². The average molecular weight is 240 g/mol. The first kappa shape index (κ1) is 15.0. The van der Waals surface area contributed by atoms with E-state index in [1.807, 2.05) is 0 Å². The Morgan fingerprint density at radius 1 is 1.06 bits per heavy atom. The predicted molar refractivity (Wildman–Crippen MR) is 76.5 cm³/mol. The van der Waals surface area contributed by atoms with E-state index in [9.17, 15) is 0 Å². The second kappa shape index (κ2) is 7.38. The van der Waals surface area contributed by atoms with E-state index < -0.39 is 0 Å². The van der Waals surface area contributed by atoms with Gasteiger partial charge in [-0.3, -0.25) is 4.90 Å². The number of nitrogens with zero attached hydrogens (tertiary/aromatic N) is 1. The molecule has 1 rings (SSSR count). The number of hydrogen-bond donors (Lipinski definition) is 1. The highest BCUT2D eigenvalue weighted by Gasteiger charge is 2.31. The Morgan fingerprint density at radius 3 is 2.24 bits per heavy atom. The number of rotatable bonds is 5. The molecule has 1 fully saturated rings. The SMILES string of the molecule is CCC1CCN(C(CC)(CC)CC)CCCN1. The molecule has 1 unspecified atom stereocenters. The Morgan fingerprint density at radius 2 is 1.71 bits per heavy atom. The van der Waals surface area contributed by atoms with E-state index in [4.69, 9.17) is 0 Å². The highest BCUT2D eigenvalue weighted by molar-refractivity contribution is 4.89. The van der Waals surface area contributed by atoms with Gasteiger partial charge in [0.1, 0.15) is 0 Å². The van der Waals surface area contributed by atoms with Gasteiger partial charge in [-0.05, 0) is 51.6 Å². The van der Waals surface area contributed by atoms with Crippen LogP contribution in [0, 0.1) is 0 Å². The van der Waals surface area contributed by atoms with E-state index in [2.05, 4.69) is 37.9 Å². The molecule has 17 heavy (non-hydrogen) atoms. The Bertz CT molecular complexity index is 191. The molecule has 1 N–H and O–H groups in total. The van der Waals surface area contributed by atoms with E-state index in [1.54, 1.807) is 0 Å². The zero-order chi connectivity index (χ0) is 12.7. The van der Waals surface area contributed by atoms with Crippen molar-refractivity contribution in [2.24, 2.45) is 0 Å². The van der Waals surface area contributed by atoms with Crippen molar-refractivity contribution in [1.82, 2.24) is 10.2 Å². The van der Waals surface area contributed by atoms with Crippen LogP contribution in [0.5, 0.6) is 0 Å². The fourth-order valence-electron chi connectivity index (χ4n) is 3.35. The van der Waals surface area contributed by atoms with Crippen molar-refractivity contribution >= 4 is 0 Å². The van der Waals surface area contributed by atoms with E-state index in [0.717, 1.165) is 6.04 Å². The molecule has 1 heterocycles. The average Bonchev–Trinajstić information content (AvgIpc) is 2.34. The van der Waals surface area contributed by atoms with Crippen molar-refractivity contribution in [3.05, 3.63) is 0 Å². The molecule has 0 bridgehead atoms. The van der Waals surface area contributed by atoms with Gasteiger partial charge in [-0.1, -0.05) is 27.7 Å². The fourth-order valence-corrected chi connectivity index (χ4v) is 3.35. The van der Waals surface area contributed by atoms with Crippen LogP contribution in [-0.2, 0) is 0 Å². The largest absolute Gasteiger partial charge is 0.314 e. The summed E-state index contributed by atoms with van der Waals surface area (Å²) in [5, 5.41) is 3.67. The van der Waals surface area contributed by atoms with Gasteiger partial charge in [0, 0.05) is 18.1 Å². The lowest BCUT2D eigenvalue weighted by molar-refractivity contribution is 0.0617. The smallest absolute Gasteiger partial charge is 0.0201 e. The minimum absolute atomic E-state index is 0.468. The molecule has 1 saturated heterocycles. The van der Waals surface area contributed by atoms with Crippen molar-refractivity contribution in [2.75, 3.05) is 19.6 Å². The fraction of sp³-hybridized carbons (Fsp3) is 1.00. The van der Waals surface area contributed by atoms with Crippen LogP contribution >= 0.6 is 0 Å². The minimum Gasteiger partial charge on any atom is -0.314 e. The lowest BCUT2D eigenvalue weighted by atomic mass is 9.86. The van der Waals surface area contributed by atoms with E-state index >= 15 is 0 Å². The highest BCUT2D eigenvalue weighted by atomic mass is 15.2. The molecule has 1 aliphatic rings. The second-order valence-corrected chi connectivity index (χ2v) is 5.47. The normalized spacial score (nSPS) is 24.4. The van der Waals surface area contributed by atoms with Gasteiger partial charge in [0.25, 0.3) is 0 Å². The first-order valence-electron chi connectivity index (χ1n) is 7.70. The van der Waals surface area contributed by atoms with Crippen LogP contribution in [0.3, 0.4) is 0 Å². The van der Waals surface area contributed by atoms with E-state index in [0.29, 0.717) is 5.54 Å². The van der Waals surface area contributed by atoms with Gasteiger partial charge in [-0.25, -0.2) is 0 Å². The third-order valence-electron chi connectivity index (χ3n) is 4.92. The van der Waals surface area contributed by atoms with Crippen LogP contribution in [0.2, 0.25) is 0 Å². The molecule has 102 valence electrons. The van der Waals surface area contributed by atoms with Crippen molar-refractivity contribution in [2.45, 2.75) is 77.8 Å². The molecule has 0 radical (unpaired) electrons. The Balaban J connectivity index is 2.66. The summed E-state index contributed by atoms with van der Waals surface area (Å²) in [4.78, 5) is 2.79. The minimum atomic E-state index is 0.468. The van der Waals surface area contributed by atoms with E-state index in [1.165, 1.54) is 58.2 Å². The lowest BCUT2D eigenvalue weighted by Gasteiger charge is -2.44. The maximum atomic E-state index is 3.67. The summed E-state index contributed by atoms with van der Waals surface area (Å²) >= 11 is 0. The van der Waals surface area contributed by atoms with Crippen molar-refractivity contribution in [1.29, 1.82) is 0 Å². The Labute approximate surface area is 108 Å². The molecule has 0 spiro atoms. The summed E-state index contributed by atoms with van der Waals surface area (Å²) in [6, 6.07) is 0.737. The van der Waals surface area contributed by atoms with Crippen LogP contribution < -0.4 is 5.32 Å². The standard InChI is InChI=1S/C15H32N2/c1-5-14-10-13-17(12-9-11-16-14)15(6-2,7-3)8-4/h14,16H,5-13H2,1-4H3. The number of nitrogens with one attached hydrogen (secondary N) is 1. The summed E-state index contributed by atoms with van der Waals surface area (Å²) < 4.78 is 0. The maximum Gasteiger partial charge on any atom is 0.0201 e. The van der Waals surface area contributed by atoms with Crippen molar-refractivity contribution < 1.29 is 0 Å². The van der Waals surface area contributed by atoms with E-state index in [-0.39, 0.29) is 0 Å². The molecule has 1 atom stereocenters. The second-order valence-electron chi connectivity index (χ2n) is 5.47. The summed E-state index contributed by atoms with van der Waals surface area (Å²) in [5.74, 6) is 0. The van der Waals surface area contributed by atoms with Gasteiger partial charge in [0.15, 0.2) is 0 Å². The first-order chi connectivity index (χ1) is 8.22. The zero-order valence-corrected chi connectivity index (χ0v) is 12.4. The molecule has 0 aromatic heterocycles. The third kappa shape index (κ3) is 3.69. The molecule has 0 aliphatic carbocycles. The third-order valence-corrected chi connectivity index (χ3v) is 4.92. The summed E-state index contributed by atoms with van der Waals surface area (Å²) in [7, 11) is 0. The molecule has 0 saturated carbocycles. The molecule has 2 nitrogen and oxygen atoms in total. The topological polar surface area (TPSA) is 15.3 Å².